The quantitative estimate of drug-likeness (QED) is 0.667. The van der Waals surface area contributed by atoms with Gasteiger partial charge in [-0.1, -0.05) is 18.5 Å². The number of benzene rings is 2. The maximum atomic E-state index is 12.5. The minimum Gasteiger partial charge on any atom is -0.492 e. The third-order valence-corrected chi connectivity index (χ3v) is 6.09. The molecule has 0 bridgehead atoms. The SMILES string of the molecule is CCC(C)NS(=O)(=O)c1ccc(C(=O)N(C)CCOc2ccc(Cl)cc2)cc1. The molecule has 0 spiro atoms. The van der Waals surface area contributed by atoms with E-state index in [4.69, 9.17) is 16.3 Å². The predicted octanol–water partition coefficient (Wildman–Crippen LogP) is 3.57. The van der Waals surface area contributed by atoms with Crippen molar-refractivity contribution in [2.75, 3.05) is 20.2 Å². The van der Waals surface area contributed by atoms with Crippen LogP contribution in [-0.4, -0.2) is 45.5 Å². The summed E-state index contributed by atoms with van der Waals surface area (Å²) < 4.78 is 32.7. The molecule has 2 aromatic carbocycles. The molecule has 0 aliphatic carbocycles. The van der Waals surface area contributed by atoms with Crippen molar-refractivity contribution in [2.24, 2.45) is 0 Å². The van der Waals surface area contributed by atoms with Gasteiger partial charge in [-0.15, -0.1) is 0 Å². The number of rotatable bonds is 9. The number of nitrogens with one attached hydrogen (secondary N) is 1. The summed E-state index contributed by atoms with van der Waals surface area (Å²) >= 11 is 5.83. The van der Waals surface area contributed by atoms with E-state index in [-0.39, 0.29) is 16.8 Å². The van der Waals surface area contributed by atoms with Crippen molar-refractivity contribution in [3.63, 3.8) is 0 Å². The Morgan fingerprint density at radius 2 is 1.75 bits per heavy atom. The van der Waals surface area contributed by atoms with Crippen molar-refractivity contribution < 1.29 is 17.9 Å². The summed E-state index contributed by atoms with van der Waals surface area (Å²) in [5.74, 6) is 0.465. The van der Waals surface area contributed by atoms with Gasteiger partial charge in [0.1, 0.15) is 12.4 Å². The normalized spacial score (nSPS) is 12.4. The number of nitrogens with zero attached hydrogens (tertiary/aromatic N) is 1. The van der Waals surface area contributed by atoms with E-state index in [0.29, 0.717) is 35.9 Å². The molecule has 0 saturated carbocycles. The Balaban J connectivity index is 1.93. The van der Waals surface area contributed by atoms with Gasteiger partial charge >= 0.3 is 0 Å². The summed E-state index contributed by atoms with van der Waals surface area (Å²) in [4.78, 5) is 14.2. The number of hydrogen-bond donors (Lipinski definition) is 1. The van der Waals surface area contributed by atoms with Crippen LogP contribution in [-0.2, 0) is 10.0 Å². The first-order valence-electron chi connectivity index (χ1n) is 8.99. The molecular weight excluding hydrogens is 400 g/mol. The van der Waals surface area contributed by atoms with Gasteiger partial charge in [-0.25, -0.2) is 13.1 Å². The van der Waals surface area contributed by atoms with Crippen LogP contribution < -0.4 is 9.46 Å². The highest BCUT2D eigenvalue weighted by Gasteiger charge is 2.18. The zero-order chi connectivity index (χ0) is 20.7. The van der Waals surface area contributed by atoms with E-state index in [1.54, 1.807) is 38.2 Å². The molecule has 0 fully saturated rings. The average Bonchev–Trinajstić information content (AvgIpc) is 2.68. The van der Waals surface area contributed by atoms with E-state index < -0.39 is 10.0 Å². The molecule has 6 nitrogen and oxygen atoms in total. The molecule has 2 aromatic rings. The van der Waals surface area contributed by atoms with Gasteiger partial charge in [-0.05, 0) is 61.9 Å². The first kappa shape index (κ1) is 22.2. The zero-order valence-electron chi connectivity index (χ0n) is 16.2. The van der Waals surface area contributed by atoms with Gasteiger partial charge in [0.2, 0.25) is 10.0 Å². The fraction of sp³-hybridized carbons (Fsp3) is 0.350. The summed E-state index contributed by atoms with van der Waals surface area (Å²) in [6.45, 7) is 4.42. The van der Waals surface area contributed by atoms with Crippen LogP contribution in [0.3, 0.4) is 0 Å². The molecule has 0 heterocycles. The second-order valence-corrected chi connectivity index (χ2v) is 8.63. The maximum absolute atomic E-state index is 12.5. The summed E-state index contributed by atoms with van der Waals surface area (Å²) in [7, 11) is -1.92. The van der Waals surface area contributed by atoms with E-state index in [1.807, 2.05) is 6.92 Å². The summed E-state index contributed by atoms with van der Waals surface area (Å²) in [5.41, 5.74) is 0.413. The number of halogens is 1. The topological polar surface area (TPSA) is 75.7 Å². The van der Waals surface area contributed by atoms with E-state index in [0.717, 1.165) is 0 Å². The average molecular weight is 425 g/mol. The van der Waals surface area contributed by atoms with Crippen LogP contribution in [0.5, 0.6) is 5.75 Å². The lowest BCUT2D eigenvalue weighted by Crippen LogP contribution is -2.32. The van der Waals surface area contributed by atoms with Crippen molar-refractivity contribution in [3.05, 3.63) is 59.1 Å². The molecule has 0 aromatic heterocycles. The third-order valence-electron chi connectivity index (χ3n) is 4.24. The number of carbonyl (C=O) groups is 1. The molecule has 1 N–H and O–H groups in total. The Hall–Kier alpha value is -2.09. The van der Waals surface area contributed by atoms with Crippen LogP contribution in [0.4, 0.5) is 0 Å². The molecule has 28 heavy (non-hydrogen) atoms. The minimum absolute atomic E-state index is 0.137. The van der Waals surface area contributed by atoms with Crippen molar-refractivity contribution >= 4 is 27.5 Å². The van der Waals surface area contributed by atoms with Crippen LogP contribution in [0.1, 0.15) is 30.6 Å². The molecule has 0 radical (unpaired) electrons. The van der Waals surface area contributed by atoms with Gasteiger partial charge in [-0.2, -0.15) is 0 Å². The number of hydrogen-bond acceptors (Lipinski definition) is 4. The number of ether oxygens (including phenoxy) is 1. The van der Waals surface area contributed by atoms with Crippen LogP contribution in [0, 0.1) is 0 Å². The van der Waals surface area contributed by atoms with E-state index in [9.17, 15) is 13.2 Å². The molecule has 1 amide bonds. The number of carbonyl (C=O) groups excluding carboxylic acids is 1. The van der Waals surface area contributed by atoms with Crippen LogP contribution in [0.15, 0.2) is 53.4 Å². The molecule has 8 heteroatoms. The third kappa shape index (κ3) is 6.22. The Kier molecular flexibility index (Phi) is 7.86. The number of likely N-dealkylation sites (N-methyl/N-ethyl adjacent to an activating group) is 1. The van der Waals surface area contributed by atoms with Crippen molar-refractivity contribution in [3.8, 4) is 5.75 Å². The summed E-state index contributed by atoms with van der Waals surface area (Å²) in [5, 5.41) is 0.629. The molecule has 0 aliphatic rings. The first-order valence-corrected chi connectivity index (χ1v) is 10.8. The maximum Gasteiger partial charge on any atom is 0.253 e. The Bertz CT molecular complexity index is 883. The van der Waals surface area contributed by atoms with E-state index in [2.05, 4.69) is 4.72 Å². The lowest BCUT2D eigenvalue weighted by atomic mass is 10.2. The molecule has 0 saturated heterocycles. The van der Waals surface area contributed by atoms with Crippen LogP contribution in [0.2, 0.25) is 5.02 Å². The van der Waals surface area contributed by atoms with Crippen molar-refractivity contribution in [1.29, 1.82) is 0 Å². The predicted molar refractivity (Wildman–Crippen MR) is 110 cm³/mol. The van der Waals surface area contributed by atoms with Gasteiger partial charge in [0.15, 0.2) is 0 Å². The highest BCUT2D eigenvalue weighted by atomic mass is 35.5. The zero-order valence-corrected chi connectivity index (χ0v) is 17.8. The Morgan fingerprint density at radius 1 is 1.14 bits per heavy atom. The summed E-state index contributed by atoms with van der Waals surface area (Å²) in [6.07, 6.45) is 0.693. The molecule has 152 valence electrons. The second-order valence-electron chi connectivity index (χ2n) is 6.48. The summed E-state index contributed by atoms with van der Waals surface area (Å²) in [6, 6.07) is 12.8. The van der Waals surface area contributed by atoms with Crippen LogP contribution >= 0.6 is 11.6 Å². The van der Waals surface area contributed by atoms with Gasteiger partial charge in [0.05, 0.1) is 11.4 Å². The smallest absolute Gasteiger partial charge is 0.253 e. The Morgan fingerprint density at radius 3 is 2.32 bits per heavy atom. The minimum atomic E-state index is -3.59. The van der Waals surface area contributed by atoms with Gasteiger partial charge in [0, 0.05) is 23.7 Å². The highest BCUT2D eigenvalue weighted by molar-refractivity contribution is 7.89. The first-order chi connectivity index (χ1) is 13.2. The van der Waals surface area contributed by atoms with E-state index >= 15 is 0 Å². The van der Waals surface area contributed by atoms with Gasteiger partial charge in [0.25, 0.3) is 5.91 Å². The van der Waals surface area contributed by atoms with Gasteiger partial charge < -0.3 is 9.64 Å². The monoisotopic (exact) mass is 424 g/mol. The fourth-order valence-corrected chi connectivity index (χ4v) is 3.80. The second kappa shape index (κ2) is 9.91. The van der Waals surface area contributed by atoms with Crippen molar-refractivity contribution in [2.45, 2.75) is 31.2 Å². The molecular formula is C20H25ClN2O4S. The highest BCUT2D eigenvalue weighted by Crippen LogP contribution is 2.16. The molecule has 0 aliphatic heterocycles. The fourth-order valence-electron chi connectivity index (χ4n) is 2.35. The molecule has 1 atom stereocenters. The van der Waals surface area contributed by atoms with Gasteiger partial charge in [-0.3, -0.25) is 4.79 Å². The standard InChI is InChI=1S/C20H25ClN2O4S/c1-4-15(2)22-28(25,26)19-11-5-16(6-12-19)20(24)23(3)13-14-27-18-9-7-17(21)8-10-18/h5-12,15,22H,4,13-14H2,1-3H3. The van der Waals surface area contributed by atoms with Crippen LogP contribution in [0.25, 0.3) is 0 Å². The Labute approximate surface area is 171 Å². The number of amides is 1. The number of sulfonamides is 1. The largest absolute Gasteiger partial charge is 0.492 e. The lowest BCUT2D eigenvalue weighted by Gasteiger charge is -2.18. The van der Waals surface area contributed by atoms with Crippen molar-refractivity contribution in [1.82, 2.24) is 9.62 Å². The molecule has 1 unspecified atom stereocenters. The lowest BCUT2D eigenvalue weighted by molar-refractivity contribution is 0.0773. The van der Waals surface area contributed by atoms with E-state index in [1.165, 1.54) is 29.2 Å². The molecule has 2 rings (SSSR count).